The van der Waals surface area contributed by atoms with Gasteiger partial charge in [-0.1, -0.05) is 13.8 Å². The van der Waals surface area contributed by atoms with Gasteiger partial charge in [0.15, 0.2) is 0 Å². The molecule has 0 amide bonds. The lowest BCUT2D eigenvalue weighted by atomic mass is 9.98. The van der Waals surface area contributed by atoms with Crippen molar-refractivity contribution in [2.75, 3.05) is 19.8 Å². The summed E-state index contributed by atoms with van der Waals surface area (Å²) >= 11 is 0. The van der Waals surface area contributed by atoms with Crippen LogP contribution in [0.4, 0.5) is 0 Å². The minimum atomic E-state index is 0.689. The Hall–Kier alpha value is -0.0800. The standard InChI is InChI=1S/C8H17NO/c1-3-9-8-4-5-10-6-7(8)2/h7-9H,3-6H2,1-2H3/t7-,8-/m1/s1. The van der Waals surface area contributed by atoms with Gasteiger partial charge in [-0.2, -0.15) is 0 Å². The number of hydrogen-bond acceptors (Lipinski definition) is 2. The molecule has 1 heterocycles. The lowest BCUT2D eigenvalue weighted by molar-refractivity contribution is 0.0396. The van der Waals surface area contributed by atoms with E-state index in [2.05, 4.69) is 19.2 Å². The molecule has 1 aliphatic heterocycles. The molecule has 0 aromatic rings. The summed E-state index contributed by atoms with van der Waals surface area (Å²) < 4.78 is 5.32. The average Bonchev–Trinajstić information content (AvgIpc) is 1.94. The normalized spacial score (nSPS) is 34.2. The van der Waals surface area contributed by atoms with E-state index in [1.807, 2.05) is 0 Å². The molecule has 0 aromatic carbocycles. The molecule has 1 fully saturated rings. The van der Waals surface area contributed by atoms with Crippen molar-refractivity contribution in [3.05, 3.63) is 0 Å². The second-order valence-electron chi connectivity index (χ2n) is 3.01. The molecule has 0 radical (unpaired) electrons. The third-order valence-electron chi connectivity index (χ3n) is 2.11. The monoisotopic (exact) mass is 143 g/mol. The molecule has 2 heteroatoms. The zero-order chi connectivity index (χ0) is 7.40. The molecular formula is C8H17NO. The molecule has 2 nitrogen and oxygen atoms in total. The molecule has 1 saturated heterocycles. The van der Waals surface area contributed by atoms with Gasteiger partial charge in [-0.05, 0) is 18.9 Å². The Bertz CT molecular complexity index is 93.3. The van der Waals surface area contributed by atoms with Crippen LogP contribution in [0.3, 0.4) is 0 Å². The van der Waals surface area contributed by atoms with E-state index in [0.717, 1.165) is 19.8 Å². The summed E-state index contributed by atoms with van der Waals surface area (Å²) in [5.41, 5.74) is 0. The minimum absolute atomic E-state index is 0.689. The summed E-state index contributed by atoms with van der Waals surface area (Å²) in [6, 6.07) is 0.693. The van der Waals surface area contributed by atoms with E-state index in [9.17, 15) is 0 Å². The summed E-state index contributed by atoms with van der Waals surface area (Å²) in [5.74, 6) is 0.689. The zero-order valence-corrected chi connectivity index (χ0v) is 6.89. The summed E-state index contributed by atoms with van der Waals surface area (Å²) in [7, 11) is 0. The van der Waals surface area contributed by atoms with Crippen molar-refractivity contribution in [3.8, 4) is 0 Å². The van der Waals surface area contributed by atoms with Gasteiger partial charge in [0, 0.05) is 12.6 Å². The first-order valence-electron chi connectivity index (χ1n) is 4.15. The zero-order valence-electron chi connectivity index (χ0n) is 6.89. The van der Waals surface area contributed by atoms with Crippen molar-refractivity contribution in [1.29, 1.82) is 0 Å². The highest BCUT2D eigenvalue weighted by atomic mass is 16.5. The largest absolute Gasteiger partial charge is 0.381 e. The predicted molar refractivity (Wildman–Crippen MR) is 42.1 cm³/mol. The molecule has 0 saturated carbocycles. The van der Waals surface area contributed by atoms with Crippen molar-refractivity contribution in [1.82, 2.24) is 5.32 Å². The third kappa shape index (κ3) is 1.96. The van der Waals surface area contributed by atoms with Crippen molar-refractivity contribution in [2.24, 2.45) is 5.92 Å². The van der Waals surface area contributed by atoms with Gasteiger partial charge in [-0.25, -0.2) is 0 Å². The molecule has 0 unspecified atom stereocenters. The Morgan fingerprint density at radius 1 is 1.60 bits per heavy atom. The van der Waals surface area contributed by atoms with Crippen molar-refractivity contribution in [3.63, 3.8) is 0 Å². The Morgan fingerprint density at radius 3 is 3.00 bits per heavy atom. The van der Waals surface area contributed by atoms with E-state index >= 15 is 0 Å². The van der Waals surface area contributed by atoms with Crippen LogP contribution in [-0.2, 0) is 4.74 Å². The second-order valence-corrected chi connectivity index (χ2v) is 3.01. The molecule has 0 bridgehead atoms. The van der Waals surface area contributed by atoms with Gasteiger partial charge in [0.25, 0.3) is 0 Å². The van der Waals surface area contributed by atoms with Crippen LogP contribution in [0, 0.1) is 5.92 Å². The summed E-state index contributed by atoms with van der Waals surface area (Å²) in [5, 5.41) is 3.45. The number of hydrogen-bond donors (Lipinski definition) is 1. The van der Waals surface area contributed by atoms with Gasteiger partial charge in [-0.3, -0.25) is 0 Å². The minimum Gasteiger partial charge on any atom is -0.381 e. The first-order valence-corrected chi connectivity index (χ1v) is 4.15. The highest BCUT2D eigenvalue weighted by Crippen LogP contribution is 2.12. The fourth-order valence-corrected chi connectivity index (χ4v) is 1.45. The number of nitrogens with one attached hydrogen (secondary N) is 1. The Morgan fingerprint density at radius 2 is 2.40 bits per heavy atom. The van der Waals surface area contributed by atoms with Crippen LogP contribution < -0.4 is 5.32 Å². The van der Waals surface area contributed by atoms with Crippen molar-refractivity contribution < 1.29 is 4.74 Å². The van der Waals surface area contributed by atoms with Crippen molar-refractivity contribution in [2.45, 2.75) is 26.3 Å². The maximum Gasteiger partial charge on any atom is 0.0506 e. The summed E-state index contributed by atoms with van der Waals surface area (Å²) in [4.78, 5) is 0. The van der Waals surface area contributed by atoms with E-state index in [-0.39, 0.29) is 0 Å². The SMILES string of the molecule is CCN[C@@H]1CCOC[C@H]1C. The van der Waals surface area contributed by atoms with E-state index in [0.29, 0.717) is 12.0 Å². The molecule has 1 aliphatic rings. The predicted octanol–water partition coefficient (Wildman–Crippen LogP) is 1.02. The highest BCUT2D eigenvalue weighted by Gasteiger charge is 2.19. The molecule has 0 aromatic heterocycles. The second kappa shape index (κ2) is 3.94. The Balaban J connectivity index is 2.25. The van der Waals surface area contributed by atoms with Crippen LogP contribution in [-0.4, -0.2) is 25.8 Å². The molecule has 1 rings (SSSR count). The molecule has 60 valence electrons. The maximum atomic E-state index is 5.32. The van der Waals surface area contributed by atoms with Crippen molar-refractivity contribution >= 4 is 0 Å². The van der Waals surface area contributed by atoms with Gasteiger partial charge in [0.1, 0.15) is 0 Å². The summed E-state index contributed by atoms with van der Waals surface area (Å²) in [6.07, 6.45) is 1.18. The Kier molecular flexibility index (Phi) is 3.16. The van der Waals surface area contributed by atoms with Crippen LogP contribution in [0.5, 0.6) is 0 Å². The molecule has 1 N–H and O–H groups in total. The Labute approximate surface area is 63.0 Å². The van der Waals surface area contributed by atoms with Crippen LogP contribution >= 0.6 is 0 Å². The molecule has 0 spiro atoms. The molecule has 0 aliphatic carbocycles. The van der Waals surface area contributed by atoms with Gasteiger partial charge < -0.3 is 10.1 Å². The topological polar surface area (TPSA) is 21.3 Å². The summed E-state index contributed by atoms with van der Waals surface area (Å²) in [6.45, 7) is 7.34. The first kappa shape index (κ1) is 8.02. The first-order chi connectivity index (χ1) is 4.84. The fourth-order valence-electron chi connectivity index (χ4n) is 1.45. The highest BCUT2D eigenvalue weighted by molar-refractivity contribution is 4.75. The van der Waals surface area contributed by atoms with Crippen LogP contribution in [0.25, 0.3) is 0 Å². The average molecular weight is 143 g/mol. The van der Waals surface area contributed by atoms with Gasteiger partial charge in [0.05, 0.1) is 6.61 Å². The smallest absolute Gasteiger partial charge is 0.0506 e. The molecule has 2 atom stereocenters. The van der Waals surface area contributed by atoms with Gasteiger partial charge in [0.2, 0.25) is 0 Å². The van der Waals surface area contributed by atoms with E-state index in [1.165, 1.54) is 6.42 Å². The number of ether oxygens (including phenoxy) is 1. The van der Waals surface area contributed by atoms with Crippen LogP contribution in [0.1, 0.15) is 20.3 Å². The fraction of sp³-hybridized carbons (Fsp3) is 1.00. The number of rotatable bonds is 2. The van der Waals surface area contributed by atoms with E-state index in [1.54, 1.807) is 0 Å². The van der Waals surface area contributed by atoms with Gasteiger partial charge in [-0.15, -0.1) is 0 Å². The van der Waals surface area contributed by atoms with E-state index in [4.69, 9.17) is 4.74 Å². The third-order valence-corrected chi connectivity index (χ3v) is 2.11. The van der Waals surface area contributed by atoms with E-state index < -0.39 is 0 Å². The lowest BCUT2D eigenvalue weighted by Gasteiger charge is -2.29. The molecular weight excluding hydrogens is 126 g/mol. The quantitative estimate of drug-likeness (QED) is 0.623. The van der Waals surface area contributed by atoms with Gasteiger partial charge >= 0.3 is 0 Å². The molecule has 10 heavy (non-hydrogen) atoms. The lowest BCUT2D eigenvalue weighted by Crippen LogP contribution is -2.41. The van der Waals surface area contributed by atoms with Crippen LogP contribution in [0.15, 0.2) is 0 Å². The van der Waals surface area contributed by atoms with Crippen LogP contribution in [0.2, 0.25) is 0 Å². The maximum absolute atomic E-state index is 5.32.